The molecule has 0 fully saturated rings. The molecule has 2 heterocycles. The summed E-state index contributed by atoms with van der Waals surface area (Å²) in [7, 11) is 1.53. The highest BCUT2D eigenvalue weighted by molar-refractivity contribution is 7.07. The molecule has 28 heavy (non-hydrogen) atoms. The topological polar surface area (TPSA) is 106 Å². The van der Waals surface area contributed by atoms with Crippen molar-refractivity contribution < 1.29 is 14.3 Å². The van der Waals surface area contributed by atoms with Gasteiger partial charge in [-0.05, 0) is 19.4 Å². The number of unbranched alkanes of at least 4 members (excludes halogenated alkanes) is 1. The quantitative estimate of drug-likeness (QED) is 0.661. The molecule has 0 aliphatic rings. The summed E-state index contributed by atoms with van der Waals surface area (Å²) in [6.45, 7) is 4.24. The van der Waals surface area contributed by atoms with Crippen LogP contribution in [0.1, 0.15) is 26.7 Å². The van der Waals surface area contributed by atoms with E-state index in [2.05, 4.69) is 10.3 Å². The van der Waals surface area contributed by atoms with Gasteiger partial charge in [-0.25, -0.2) is 9.78 Å². The molecule has 0 saturated heterocycles. The molecule has 0 unspecified atom stereocenters. The number of carbonyl (C=O) groups excluding carboxylic acids is 1. The van der Waals surface area contributed by atoms with Gasteiger partial charge < -0.3 is 14.8 Å². The third kappa shape index (κ3) is 4.98. The van der Waals surface area contributed by atoms with Crippen LogP contribution in [0.15, 0.2) is 23.1 Å². The average molecular weight is 402 g/mol. The molecule has 0 aromatic carbocycles. The Balaban J connectivity index is 2.53. The lowest BCUT2D eigenvalue weighted by atomic mass is 10.3. The summed E-state index contributed by atoms with van der Waals surface area (Å²) < 4.78 is 12.1. The van der Waals surface area contributed by atoms with E-state index in [1.165, 1.54) is 11.7 Å². The number of ether oxygens (including phenoxy) is 2. The van der Waals surface area contributed by atoms with Crippen molar-refractivity contribution in [1.29, 1.82) is 5.26 Å². The van der Waals surface area contributed by atoms with Crippen LogP contribution in [0.3, 0.4) is 0 Å². The number of esters is 1. The largest absolute Gasteiger partial charge is 0.481 e. The van der Waals surface area contributed by atoms with Gasteiger partial charge in [0.05, 0.1) is 25.6 Å². The first-order valence-corrected chi connectivity index (χ1v) is 9.65. The van der Waals surface area contributed by atoms with Crippen LogP contribution < -0.4 is 24.8 Å². The maximum Gasteiger partial charge on any atom is 0.351 e. The van der Waals surface area contributed by atoms with Crippen molar-refractivity contribution in [2.45, 2.75) is 33.2 Å². The first-order chi connectivity index (χ1) is 13.5. The molecule has 8 nitrogen and oxygen atoms in total. The summed E-state index contributed by atoms with van der Waals surface area (Å²) in [5.74, 6) is -0.246. The number of nitrogens with zero attached hydrogens (tertiary/aromatic N) is 3. The van der Waals surface area contributed by atoms with Crippen LogP contribution in [-0.2, 0) is 16.1 Å². The van der Waals surface area contributed by atoms with Gasteiger partial charge >= 0.3 is 5.97 Å². The highest BCUT2D eigenvalue weighted by Crippen LogP contribution is 2.10. The van der Waals surface area contributed by atoms with E-state index in [4.69, 9.17) is 9.47 Å². The molecule has 2 rings (SSSR count). The van der Waals surface area contributed by atoms with Gasteiger partial charge in [0.1, 0.15) is 15.3 Å². The fourth-order valence-corrected chi connectivity index (χ4v) is 3.38. The fourth-order valence-electron chi connectivity index (χ4n) is 2.34. The molecule has 0 spiro atoms. The van der Waals surface area contributed by atoms with Crippen molar-refractivity contribution >= 4 is 34.8 Å². The first kappa shape index (κ1) is 21.2. The van der Waals surface area contributed by atoms with E-state index in [0.29, 0.717) is 27.3 Å². The second-order valence-electron chi connectivity index (χ2n) is 5.67. The van der Waals surface area contributed by atoms with Crippen molar-refractivity contribution in [3.63, 3.8) is 0 Å². The number of rotatable bonds is 8. The predicted octanol–water partition coefficient (Wildman–Crippen LogP) is 1.20. The lowest BCUT2D eigenvalue weighted by molar-refractivity contribution is -0.136. The number of carbonyl (C=O) groups is 1. The fraction of sp³-hybridized carbons (Fsp3) is 0.368. The first-order valence-electron chi connectivity index (χ1n) is 8.83. The summed E-state index contributed by atoms with van der Waals surface area (Å²) >= 11 is 1.08. The number of nitriles is 1. The Labute approximate surface area is 166 Å². The zero-order chi connectivity index (χ0) is 20.5. The van der Waals surface area contributed by atoms with Crippen LogP contribution in [0.25, 0.3) is 11.8 Å². The van der Waals surface area contributed by atoms with Crippen LogP contribution in [0.5, 0.6) is 5.88 Å². The maximum absolute atomic E-state index is 12.8. The molecule has 0 atom stereocenters. The number of hydrogen-bond acceptors (Lipinski definition) is 8. The van der Waals surface area contributed by atoms with E-state index in [0.717, 1.165) is 24.2 Å². The summed E-state index contributed by atoms with van der Waals surface area (Å²) in [6.07, 6.45) is 4.74. The summed E-state index contributed by atoms with van der Waals surface area (Å²) in [4.78, 5) is 29.0. The molecule has 9 heteroatoms. The van der Waals surface area contributed by atoms with E-state index in [1.54, 1.807) is 31.5 Å². The van der Waals surface area contributed by atoms with E-state index < -0.39 is 5.97 Å². The number of methoxy groups -OCH3 is 1. The second kappa shape index (κ2) is 10.3. The number of anilines is 1. The van der Waals surface area contributed by atoms with Crippen LogP contribution in [0.2, 0.25) is 0 Å². The van der Waals surface area contributed by atoms with Gasteiger partial charge in [-0.15, -0.1) is 11.3 Å². The average Bonchev–Trinajstić information content (AvgIpc) is 3.01. The monoisotopic (exact) mass is 402 g/mol. The Morgan fingerprint density at radius 1 is 1.43 bits per heavy atom. The van der Waals surface area contributed by atoms with Gasteiger partial charge in [0.15, 0.2) is 5.57 Å². The lowest BCUT2D eigenvalue weighted by Gasteiger charge is -2.02. The number of nitrogens with one attached hydrogen (secondary N) is 1. The third-order valence-corrected chi connectivity index (χ3v) is 4.89. The zero-order valence-corrected chi connectivity index (χ0v) is 16.8. The molecular formula is C19H22N4O4S. The summed E-state index contributed by atoms with van der Waals surface area (Å²) in [6, 6.07) is 5.34. The molecule has 0 aliphatic carbocycles. The van der Waals surface area contributed by atoms with Gasteiger partial charge in [-0.3, -0.25) is 9.36 Å². The number of hydrogen-bond donors (Lipinski definition) is 1. The highest BCUT2D eigenvalue weighted by atomic mass is 32.1. The third-order valence-electron chi connectivity index (χ3n) is 3.76. The van der Waals surface area contributed by atoms with Crippen molar-refractivity contribution in [2.75, 3.05) is 19.0 Å². The Kier molecular flexibility index (Phi) is 7.77. The van der Waals surface area contributed by atoms with Crippen LogP contribution >= 0.6 is 11.3 Å². The Morgan fingerprint density at radius 2 is 2.21 bits per heavy atom. The zero-order valence-electron chi connectivity index (χ0n) is 16.0. The normalized spacial score (nSPS) is 12.3. The number of thiazole rings is 1. The van der Waals surface area contributed by atoms with Crippen LogP contribution in [0, 0.1) is 11.3 Å². The van der Waals surface area contributed by atoms with Gasteiger partial charge in [0.25, 0.3) is 5.56 Å². The predicted molar refractivity (Wildman–Crippen MR) is 107 cm³/mol. The Morgan fingerprint density at radius 3 is 2.79 bits per heavy atom. The maximum atomic E-state index is 12.8. The molecule has 0 saturated carbocycles. The van der Waals surface area contributed by atoms with Crippen molar-refractivity contribution in [1.82, 2.24) is 9.55 Å². The molecule has 0 bridgehead atoms. The molecule has 0 radical (unpaired) electrons. The van der Waals surface area contributed by atoms with E-state index in [1.807, 2.05) is 13.0 Å². The Bertz CT molecular complexity index is 1030. The minimum atomic E-state index is -0.727. The molecule has 148 valence electrons. The highest BCUT2D eigenvalue weighted by Gasteiger charge is 2.16. The second-order valence-corrected chi connectivity index (χ2v) is 6.70. The van der Waals surface area contributed by atoms with E-state index in [-0.39, 0.29) is 17.7 Å². The number of pyridine rings is 1. The molecule has 0 aliphatic heterocycles. The van der Waals surface area contributed by atoms with Crippen molar-refractivity contribution in [3.8, 4) is 11.9 Å². The SMILES string of the molecule is CCCCn1c(=O)/c(=C/Nc2ccc(OC)nc2)s/c1=C(/C#N)C(=O)OCC. The van der Waals surface area contributed by atoms with Gasteiger partial charge in [0.2, 0.25) is 5.88 Å². The van der Waals surface area contributed by atoms with Gasteiger partial charge in [-0.1, -0.05) is 13.3 Å². The van der Waals surface area contributed by atoms with Gasteiger partial charge in [-0.2, -0.15) is 5.26 Å². The van der Waals surface area contributed by atoms with Crippen LogP contribution in [0.4, 0.5) is 5.69 Å². The Hall–Kier alpha value is -3.12. The molecule has 2 aromatic heterocycles. The summed E-state index contributed by atoms with van der Waals surface area (Å²) in [5.41, 5.74) is 0.246. The molecular weight excluding hydrogens is 380 g/mol. The smallest absolute Gasteiger partial charge is 0.351 e. The standard InChI is InChI=1S/C19H22N4O4S/c1-4-6-9-23-17(24)15(12-21-13-7-8-16(26-3)22-11-13)28-18(23)14(10-20)19(25)27-5-2/h7-8,11-12,21H,4-6,9H2,1-3H3/b15-12-,18-14-. The summed E-state index contributed by atoms with van der Waals surface area (Å²) in [5, 5.41) is 12.4. The van der Waals surface area contributed by atoms with Crippen molar-refractivity contribution in [3.05, 3.63) is 37.9 Å². The molecule has 0 amide bonds. The van der Waals surface area contributed by atoms with Crippen LogP contribution in [-0.4, -0.2) is 29.2 Å². The molecule has 1 N–H and O–H groups in total. The van der Waals surface area contributed by atoms with E-state index >= 15 is 0 Å². The minimum Gasteiger partial charge on any atom is -0.481 e. The lowest BCUT2D eigenvalue weighted by Crippen LogP contribution is -2.33. The minimum absolute atomic E-state index is 0.152. The molecule has 2 aromatic rings. The van der Waals surface area contributed by atoms with E-state index in [9.17, 15) is 14.9 Å². The van der Waals surface area contributed by atoms with Crippen molar-refractivity contribution in [2.24, 2.45) is 0 Å². The number of aromatic nitrogens is 2. The van der Waals surface area contributed by atoms with Gasteiger partial charge in [0, 0.05) is 18.8 Å².